The number of nitrogens with zero attached hydrogens (tertiary/aromatic N) is 1. The minimum atomic E-state index is -0.497. The van der Waals surface area contributed by atoms with Crippen molar-refractivity contribution in [2.45, 2.75) is 13.0 Å². The largest absolute Gasteiger partial charge is 0.441 e. The summed E-state index contributed by atoms with van der Waals surface area (Å²) >= 11 is 0. The maximum absolute atomic E-state index is 11.5. The average molecular weight is 235 g/mol. The van der Waals surface area contributed by atoms with E-state index < -0.39 is 12.2 Å². The Morgan fingerprint density at radius 1 is 1.59 bits per heavy atom. The van der Waals surface area contributed by atoms with Gasteiger partial charge >= 0.3 is 6.09 Å². The maximum atomic E-state index is 11.5. The minimum Gasteiger partial charge on any atom is -0.441 e. The topological polar surface area (TPSA) is 66.8 Å². The molecule has 1 fully saturated rings. The SMILES string of the molecule is CC(=O)c1cccc(N2C[C@@H](CO)OC2=O)c1. The lowest BCUT2D eigenvalue weighted by molar-refractivity contribution is 0.0962. The lowest BCUT2D eigenvalue weighted by atomic mass is 10.1. The maximum Gasteiger partial charge on any atom is 0.414 e. The first-order valence-electron chi connectivity index (χ1n) is 5.32. The highest BCUT2D eigenvalue weighted by Crippen LogP contribution is 2.22. The van der Waals surface area contributed by atoms with E-state index >= 15 is 0 Å². The van der Waals surface area contributed by atoms with Gasteiger partial charge in [0.2, 0.25) is 0 Å². The molecule has 1 aromatic carbocycles. The predicted octanol–water partition coefficient (Wildman–Crippen LogP) is 1.21. The van der Waals surface area contributed by atoms with E-state index in [-0.39, 0.29) is 12.4 Å². The first-order valence-corrected chi connectivity index (χ1v) is 5.32. The normalized spacial score (nSPS) is 19.3. The van der Waals surface area contributed by atoms with Crippen molar-refractivity contribution in [2.75, 3.05) is 18.1 Å². The Balaban J connectivity index is 2.25. The molecule has 0 saturated carbocycles. The van der Waals surface area contributed by atoms with Gasteiger partial charge in [-0.25, -0.2) is 4.79 Å². The van der Waals surface area contributed by atoms with Gasteiger partial charge in [-0.1, -0.05) is 12.1 Å². The van der Waals surface area contributed by atoms with Crippen LogP contribution in [0.25, 0.3) is 0 Å². The van der Waals surface area contributed by atoms with Gasteiger partial charge in [0.1, 0.15) is 6.10 Å². The van der Waals surface area contributed by atoms with Gasteiger partial charge in [0.15, 0.2) is 5.78 Å². The fourth-order valence-corrected chi connectivity index (χ4v) is 1.72. The Labute approximate surface area is 98.6 Å². The molecule has 1 N–H and O–H groups in total. The molecule has 1 aliphatic rings. The fourth-order valence-electron chi connectivity index (χ4n) is 1.72. The summed E-state index contributed by atoms with van der Waals surface area (Å²) in [5.41, 5.74) is 1.15. The van der Waals surface area contributed by atoms with Crippen LogP contribution >= 0.6 is 0 Å². The lowest BCUT2D eigenvalue weighted by Crippen LogP contribution is -2.25. The Morgan fingerprint density at radius 2 is 2.35 bits per heavy atom. The third-order valence-electron chi connectivity index (χ3n) is 2.64. The Kier molecular flexibility index (Phi) is 3.10. The number of amides is 1. The number of rotatable bonds is 3. The van der Waals surface area contributed by atoms with E-state index in [1.165, 1.54) is 11.8 Å². The molecule has 5 heteroatoms. The summed E-state index contributed by atoms with van der Waals surface area (Å²) < 4.78 is 4.93. The quantitative estimate of drug-likeness (QED) is 0.799. The zero-order chi connectivity index (χ0) is 12.4. The smallest absolute Gasteiger partial charge is 0.414 e. The molecule has 1 aliphatic heterocycles. The van der Waals surface area contributed by atoms with Crippen LogP contribution in [0.3, 0.4) is 0 Å². The number of aliphatic hydroxyl groups excluding tert-OH is 1. The van der Waals surface area contributed by atoms with Gasteiger partial charge in [0, 0.05) is 11.3 Å². The summed E-state index contributed by atoms with van der Waals surface area (Å²) in [5, 5.41) is 8.93. The third kappa shape index (κ3) is 2.29. The number of benzene rings is 1. The second-order valence-electron chi connectivity index (χ2n) is 3.91. The Morgan fingerprint density at radius 3 is 2.94 bits per heavy atom. The number of ketones is 1. The van der Waals surface area contributed by atoms with Crippen LogP contribution in [0.2, 0.25) is 0 Å². The van der Waals surface area contributed by atoms with Crippen LogP contribution in [0, 0.1) is 0 Å². The molecule has 17 heavy (non-hydrogen) atoms. The summed E-state index contributed by atoms with van der Waals surface area (Å²) in [6.07, 6.45) is -0.992. The van der Waals surface area contributed by atoms with Gasteiger partial charge in [-0.15, -0.1) is 0 Å². The Bertz CT molecular complexity index is 458. The molecule has 0 unspecified atom stereocenters. The van der Waals surface area contributed by atoms with Crippen molar-refractivity contribution in [1.82, 2.24) is 0 Å². The highest BCUT2D eigenvalue weighted by atomic mass is 16.6. The molecule has 0 aliphatic carbocycles. The first-order chi connectivity index (χ1) is 8.11. The molecule has 2 rings (SSSR count). The van der Waals surface area contributed by atoms with Crippen LogP contribution in [-0.2, 0) is 4.74 Å². The van der Waals surface area contributed by atoms with E-state index in [2.05, 4.69) is 0 Å². The number of hydrogen-bond donors (Lipinski definition) is 1. The molecular formula is C12H13NO4. The summed E-state index contributed by atoms with van der Waals surface area (Å²) in [5.74, 6) is -0.0573. The van der Waals surface area contributed by atoms with Crippen LogP contribution in [-0.4, -0.2) is 36.2 Å². The third-order valence-corrected chi connectivity index (χ3v) is 2.64. The number of aliphatic hydroxyl groups is 1. The zero-order valence-electron chi connectivity index (χ0n) is 9.42. The van der Waals surface area contributed by atoms with Gasteiger partial charge in [-0.2, -0.15) is 0 Å². The zero-order valence-corrected chi connectivity index (χ0v) is 9.42. The van der Waals surface area contributed by atoms with E-state index in [1.54, 1.807) is 24.3 Å². The van der Waals surface area contributed by atoms with Crippen molar-refractivity contribution in [3.05, 3.63) is 29.8 Å². The molecule has 1 atom stereocenters. The molecule has 0 spiro atoms. The lowest BCUT2D eigenvalue weighted by Gasteiger charge is -2.13. The fraction of sp³-hybridized carbons (Fsp3) is 0.333. The van der Waals surface area contributed by atoms with Gasteiger partial charge in [0.25, 0.3) is 0 Å². The minimum absolute atomic E-state index is 0.0573. The molecular weight excluding hydrogens is 222 g/mol. The predicted molar refractivity (Wildman–Crippen MR) is 61.1 cm³/mol. The van der Waals surface area contributed by atoms with Crippen LogP contribution < -0.4 is 4.90 Å². The number of Topliss-reactive ketones (excluding diaryl/α,β-unsaturated/α-hetero) is 1. The van der Waals surface area contributed by atoms with Gasteiger partial charge in [-0.3, -0.25) is 9.69 Å². The number of carbonyl (C=O) groups is 2. The molecule has 0 bridgehead atoms. The summed E-state index contributed by atoms with van der Waals surface area (Å²) in [7, 11) is 0. The summed E-state index contributed by atoms with van der Waals surface area (Å²) in [6, 6.07) is 6.78. The van der Waals surface area contributed by atoms with Crippen LogP contribution in [0.1, 0.15) is 17.3 Å². The van der Waals surface area contributed by atoms with E-state index in [0.29, 0.717) is 17.8 Å². The molecule has 0 aromatic heterocycles. The van der Waals surface area contributed by atoms with Crippen molar-refractivity contribution < 1.29 is 19.4 Å². The highest BCUT2D eigenvalue weighted by Gasteiger charge is 2.31. The van der Waals surface area contributed by atoms with Crippen molar-refractivity contribution in [3.8, 4) is 0 Å². The van der Waals surface area contributed by atoms with Gasteiger partial charge < -0.3 is 9.84 Å². The van der Waals surface area contributed by atoms with Crippen molar-refractivity contribution in [3.63, 3.8) is 0 Å². The second kappa shape index (κ2) is 4.55. The molecule has 1 amide bonds. The van der Waals surface area contributed by atoms with E-state index in [0.717, 1.165) is 0 Å². The Hall–Kier alpha value is -1.88. The monoisotopic (exact) mass is 235 g/mol. The van der Waals surface area contributed by atoms with Crippen molar-refractivity contribution >= 4 is 17.6 Å². The van der Waals surface area contributed by atoms with Crippen LogP contribution in [0.15, 0.2) is 24.3 Å². The first kappa shape index (κ1) is 11.6. The van der Waals surface area contributed by atoms with E-state index in [1.807, 2.05) is 0 Å². The van der Waals surface area contributed by atoms with Crippen LogP contribution in [0.4, 0.5) is 10.5 Å². The molecule has 90 valence electrons. The molecule has 1 saturated heterocycles. The second-order valence-corrected chi connectivity index (χ2v) is 3.91. The van der Waals surface area contributed by atoms with E-state index in [4.69, 9.17) is 9.84 Å². The number of hydrogen-bond acceptors (Lipinski definition) is 4. The summed E-state index contributed by atoms with van der Waals surface area (Å²) in [6.45, 7) is 1.57. The molecule has 1 heterocycles. The van der Waals surface area contributed by atoms with E-state index in [9.17, 15) is 9.59 Å². The molecule has 0 radical (unpaired) electrons. The van der Waals surface area contributed by atoms with Gasteiger partial charge in [-0.05, 0) is 19.1 Å². The number of cyclic esters (lactones) is 1. The molecule has 5 nitrogen and oxygen atoms in total. The summed E-state index contributed by atoms with van der Waals surface area (Å²) in [4.78, 5) is 24.2. The van der Waals surface area contributed by atoms with Gasteiger partial charge in [0.05, 0.1) is 13.2 Å². The molecule has 1 aromatic rings. The number of carbonyl (C=O) groups excluding carboxylic acids is 2. The van der Waals surface area contributed by atoms with Crippen LogP contribution in [0.5, 0.6) is 0 Å². The van der Waals surface area contributed by atoms with Crippen molar-refractivity contribution in [2.24, 2.45) is 0 Å². The highest BCUT2D eigenvalue weighted by molar-refractivity contribution is 5.97. The number of ether oxygens (including phenoxy) is 1. The standard InChI is InChI=1S/C12H13NO4/c1-8(15)9-3-2-4-10(5-9)13-6-11(7-14)17-12(13)16/h2-5,11,14H,6-7H2,1H3/t11-/m0/s1. The average Bonchev–Trinajstić information content (AvgIpc) is 2.71. The number of anilines is 1. The van der Waals surface area contributed by atoms with Crippen molar-refractivity contribution in [1.29, 1.82) is 0 Å².